The van der Waals surface area contributed by atoms with Gasteiger partial charge in [0, 0.05) is 12.1 Å². The summed E-state index contributed by atoms with van der Waals surface area (Å²) in [6.07, 6.45) is 2.51. The van der Waals surface area contributed by atoms with E-state index in [-0.39, 0.29) is 11.7 Å². The van der Waals surface area contributed by atoms with Crippen LogP contribution in [0.15, 0.2) is 42.5 Å². The second-order valence-electron chi connectivity index (χ2n) is 6.17. The molecule has 0 heterocycles. The van der Waals surface area contributed by atoms with Gasteiger partial charge in [0.15, 0.2) is 0 Å². The summed E-state index contributed by atoms with van der Waals surface area (Å²) >= 11 is 0. The molecule has 0 aliphatic rings. The van der Waals surface area contributed by atoms with E-state index in [1.807, 2.05) is 0 Å². The molecule has 0 saturated heterocycles. The van der Waals surface area contributed by atoms with Gasteiger partial charge < -0.3 is 10.1 Å². The Morgan fingerprint density at radius 2 is 1.81 bits per heavy atom. The van der Waals surface area contributed by atoms with Crippen molar-refractivity contribution in [3.63, 3.8) is 0 Å². The molecule has 0 aliphatic heterocycles. The summed E-state index contributed by atoms with van der Waals surface area (Å²) in [6.45, 7) is 2.69. The molecule has 0 radical (unpaired) electrons. The highest BCUT2D eigenvalue weighted by Crippen LogP contribution is 2.18. The molecule has 146 valence electrons. The molecule has 0 saturated carbocycles. The van der Waals surface area contributed by atoms with E-state index >= 15 is 0 Å². The number of benzene rings is 2. The van der Waals surface area contributed by atoms with E-state index in [9.17, 15) is 17.6 Å². The van der Waals surface area contributed by atoms with Gasteiger partial charge in [0.1, 0.15) is 11.6 Å². The van der Waals surface area contributed by atoms with Crippen molar-refractivity contribution in [3.8, 4) is 5.75 Å². The number of rotatable bonds is 9. The fourth-order valence-electron chi connectivity index (χ4n) is 2.32. The van der Waals surface area contributed by atoms with E-state index in [1.165, 1.54) is 18.2 Å². The van der Waals surface area contributed by atoms with Gasteiger partial charge in [-0.2, -0.15) is 0 Å². The Morgan fingerprint density at radius 1 is 1.11 bits per heavy atom. The lowest BCUT2D eigenvalue weighted by Crippen LogP contribution is -2.25. The van der Waals surface area contributed by atoms with Gasteiger partial charge in [-0.05, 0) is 61.7 Å². The molecule has 0 unspecified atom stereocenters. The van der Waals surface area contributed by atoms with Crippen LogP contribution in [-0.2, 0) is 10.0 Å². The van der Waals surface area contributed by atoms with Crippen molar-refractivity contribution in [3.05, 3.63) is 59.4 Å². The Hall–Kier alpha value is -2.61. The molecule has 8 heteroatoms. The number of amides is 1. The molecule has 27 heavy (non-hydrogen) atoms. The van der Waals surface area contributed by atoms with Gasteiger partial charge in [-0.15, -0.1) is 0 Å². The monoisotopic (exact) mass is 394 g/mol. The molecule has 0 aliphatic carbocycles. The molecule has 0 atom stereocenters. The standard InChI is InChI=1S/C19H23FN2O4S/c1-14-5-6-15(13-18(14)22-27(2,24)25)19(23)21-11-3-4-12-26-17-9-7-16(20)8-10-17/h5-10,13,22H,3-4,11-12H2,1-2H3,(H,21,23). The predicted octanol–water partition coefficient (Wildman–Crippen LogP) is 3.09. The van der Waals surface area contributed by atoms with Crippen LogP contribution in [0.3, 0.4) is 0 Å². The maximum atomic E-state index is 12.8. The fourth-order valence-corrected chi connectivity index (χ4v) is 2.94. The third-order valence-corrected chi connectivity index (χ3v) is 4.32. The van der Waals surface area contributed by atoms with Crippen LogP contribution in [0, 0.1) is 12.7 Å². The molecule has 1 amide bonds. The molecule has 2 rings (SSSR count). The number of anilines is 1. The van der Waals surface area contributed by atoms with Crippen molar-refractivity contribution in [2.75, 3.05) is 24.1 Å². The normalized spacial score (nSPS) is 11.1. The second-order valence-corrected chi connectivity index (χ2v) is 7.92. The maximum Gasteiger partial charge on any atom is 0.251 e. The number of carbonyl (C=O) groups is 1. The number of hydrogen-bond donors (Lipinski definition) is 2. The minimum atomic E-state index is -3.41. The first-order valence-electron chi connectivity index (χ1n) is 8.49. The van der Waals surface area contributed by atoms with Gasteiger partial charge in [0.2, 0.25) is 10.0 Å². The summed E-state index contributed by atoms with van der Waals surface area (Å²) in [5, 5.41) is 2.79. The number of carbonyl (C=O) groups excluding carboxylic acids is 1. The molecule has 0 spiro atoms. The van der Waals surface area contributed by atoms with Gasteiger partial charge in [-0.1, -0.05) is 6.07 Å². The van der Waals surface area contributed by atoms with Crippen molar-refractivity contribution < 1.29 is 22.3 Å². The van der Waals surface area contributed by atoms with Crippen LogP contribution in [-0.4, -0.2) is 33.7 Å². The Morgan fingerprint density at radius 3 is 2.48 bits per heavy atom. The van der Waals surface area contributed by atoms with Crippen molar-refractivity contribution in [2.24, 2.45) is 0 Å². The largest absolute Gasteiger partial charge is 0.494 e. The molecule has 2 aromatic carbocycles. The van der Waals surface area contributed by atoms with Crippen LogP contribution in [0.4, 0.5) is 10.1 Å². The fraction of sp³-hybridized carbons (Fsp3) is 0.316. The molecule has 6 nitrogen and oxygen atoms in total. The predicted molar refractivity (Wildman–Crippen MR) is 103 cm³/mol. The summed E-state index contributed by atoms with van der Waals surface area (Å²) in [7, 11) is -3.41. The minimum absolute atomic E-state index is 0.272. The lowest BCUT2D eigenvalue weighted by molar-refractivity contribution is 0.0952. The Kier molecular flexibility index (Phi) is 7.18. The van der Waals surface area contributed by atoms with Crippen molar-refractivity contribution in [1.29, 1.82) is 0 Å². The number of unbranched alkanes of at least 4 members (excludes halogenated alkanes) is 1. The maximum absolute atomic E-state index is 12.8. The zero-order valence-corrected chi connectivity index (χ0v) is 16.1. The Labute approximate surface area is 158 Å². The van der Waals surface area contributed by atoms with Crippen LogP contribution in [0.5, 0.6) is 5.75 Å². The van der Waals surface area contributed by atoms with E-state index in [4.69, 9.17) is 4.74 Å². The SMILES string of the molecule is Cc1ccc(C(=O)NCCCCOc2ccc(F)cc2)cc1NS(C)(=O)=O. The molecule has 0 fully saturated rings. The van der Waals surface area contributed by atoms with Crippen molar-refractivity contribution >= 4 is 21.6 Å². The van der Waals surface area contributed by atoms with E-state index in [2.05, 4.69) is 10.0 Å². The Balaban J connectivity index is 1.75. The van der Waals surface area contributed by atoms with Crippen LogP contribution in [0.25, 0.3) is 0 Å². The average Bonchev–Trinajstić information content (AvgIpc) is 2.60. The molecule has 2 aromatic rings. The third kappa shape index (κ3) is 7.26. The van der Waals surface area contributed by atoms with Crippen LogP contribution >= 0.6 is 0 Å². The molecular formula is C19H23FN2O4S. The smallest absolute Gasteiger partial charge is 0.251 e. The molecule has 0 aromatic heterocycles. The third-order valence-electron chi connectivity index (χ3n) is 3.73. The highest BCUT2D eigenvalue weighted by atomic mass is 32.2. The zero-order valence-electron chi connectivity index (χ0n) is 15.3. The van der Waals surface area contributed by atoms with Gasteiger partial charge >= 0.3 is 0 Å². The summed E-state index contributed by atoms with van der Waals surface area (Å²) < 4.78 is 43.4. The molecule has 0 bridgehead atoms. The first-order valence-corrected chi connectivity index (χ1v) is 10.4. The highest BCUT2D eigenvalue weighted by molar-refractivity contribution is 7.92. The summed E-state index contributed by atoms with van der Waals surface area (Å²) in [4.78, 5) is 12.2. The van der Waals surface area contributed by atoms with Crippen LogP contribution in [0.2, 0.25) is 0 Å². The summed E-state index contributed by atoms with van der Waals surface area (Å²) in [5.41, 5.74) is 1.50. The first kappa shape index (κ1) is 20.7. The number of aryl methyl sites for hydroxylation is 1. The number of sulfonamides is 1. The Bertz CT molecular complexity index is 883. The van der Waals surface area contributed by atoms with Gasteiger partial charge in [0.05, 0.1) is 18.6 Å². The lowest BCUT2D eigenvalue weighted by atomic mass is 10.1. The van der Waals surface area contributed by atoms with Gasteiger partial charge in [0.25, 0.3) is 5.91 Å². The number of ether oxygens (including phenoxy) is 1. The minimum Gasteiger partial charge on any atom is -0.494 e. The number of halogens is 1. The molecule has 2 N–H and O–H groups in total. The summed E-state index contributed by atoms with van der Waals surface area (Å²) in [5.74, 6) is 0.0214. The van der Waals surface area contributed by atoms with E-state index in [1.54, 1.807) is 31.2 Å². The van der Waals surface area contributed by atoms with Crippen molar-refractivity contribution in [2.45, 2.75) is 19.8 Å². The lowest BCUT2D eigenvalue weighted by Gasteiger charge is -2.11. The second kappa shape index (κ2) is 9.36. The average molecular weight is 394 g/mol. The van der Waals surface area contributed by atoms with E-state index in [0.717, 1.165) is 18.2 Å². The van der Waals surface area contributed by atoms with Gasteiger partial charge in [-0.25, -0.2) is 12.8 Å². The zero-order chi connectivity index (χ0) is 19.9. The van der Waals surface area contributed by atoms with Gasteiger partial charge in [-0.3, -0.25) is 9.52 Å². The van der Waals surface area contributed by atoms with Crippen LogP contribution < -0.4 is 14.8 Å². The highest BCUT2D eigenvalue weighted by Gasteiger charge is 2.10. The molecular weight excluding hydrogens is 371 g/mol. The van der Waals surface area contributed by atoms with E-state index in [0.29, 0.717) is 36.6 Å². The van der Waals surface area contributed by atoms with Crippen molar-refractivity contribution in [1.82, 2.24) is 5.32 Å². The number of hydrogen-bond acceptors (Lipinski definition) is 4. The van der Waals surface area contributed by atoms with E-state index < -0.39 is 10.0 Å². The first-order chi connectivity index (χ1) is 12.7. The summed E-state index contributed by atoms with van der Waals surface area (Å²) in [6, 6.07) is 10.7. The topological polar surface area (TPSA) is 84.5 Å². The number of nitrogens with one attached hydrogen (secondary N) is 2. The quantitative estimate of drug-likeness (QED) is 0.640. The van der Waals surface area contributed by atoms with Crippen LogP contribution in [0.1, 0.15) is 28.8 Å².